The molecule has 136 valence electrons. The molecule has 0 nitrogen and oxygen atoms in total. The summed E-state index contributed by atoms with van der Waals surface area (Å²) in [6.07, 6.45) is 10.8. The topological polar surface area (TPSA) is 0 Å². The molecule has 0 amide bonds. The maximum Gasteiger partial charge on any atom is -0.00254 e. The van der Waals surface area contributed by atoms with E-state index in [9.17, 15) is 0 Å². The third-order valence-electron chi connectivity index (χ3n) is 4.79. The zero-order valence-corrected chi connectivity index (χ0v) is 16.8. The lowest BCUT2D eigenvalue weighted by Crippen LogP contribution is -1.98. The highest BCUT2D eigenvalue weighted by Crippen LogP contribution is 2.20. The molecule has 0 radical (unpaired) electrons. The second kappa shape index (κ2) is 10.4. The van der Waals surface area contributed by atoms with Gasteiger partial charge in [0.2, 0.25) is 0 Å². The summed E-state index contributed by atoms with van der Waals surface area (Å²) in [5.41, 5.74) is 9.05. The molecule has 2 aromatic rings. The van der Waals surface area contributed by atoms with Gasteiger partial charge in [0.05, 0.1) is 0 Å². The molecule has 0 unspecified atom stereocenters. The van der Waals surface area contributed by atoms with Crippen molar-refractivity contribution in [2.45, 2.75) is 85.5 Å². The number of hydrogen-bond donors (Lipinski definition) is 0. The van der Waals surface area contributed by atoms with E-state index in [0.717, 1.165) is 6.42 Å². The minimum Gasteiger partial charge on any atom is -0.0651 e. The predicted molar refractivity (Wildman–Crippen MR) is 112 cm³/mol. The summed E-state index contributed by atoms with van der Waals surface area (Å²) in [6.45, 7) is 9.10. The number of aryl methyl sites for hydroxylation is 4. The van der Waals surface area contributed by atoms with E-state index < -0.39 is 0 Å². The molecule has 2 aromatic carbocycles. The van der Waals surface area contributed by atoms with Crippen molar-refractivity contribution in [1.29, 1.82) is 0 Å². The zero-order valence-electron chi connectivity index (χ0n) is 16.8. The zero-order chi connectivity index (χ0) is 18.1. The molecule has 2 rings (SSSR count). The van der Waals surface area contributed by atoms with Crippen molar-refractivity contribution in [3.63, 3.8) is 0 Å². The molecule has 0 atom stereocenters. The van der Waals surface area contributed by atoms with Gasteiger partial charge in [-0.3, -0.25) is 0 Å². The average molecular weight is 337 g/mol. The quantitative estimate of drug-likeness (QED) is 0.434. The van der Waals surface area contributed by atoms with Gasteiger partial charge in [0.15, 0.2) is 0 Å². The first-order chi connectivity index (χ1) is 12.2. The summed E-state index contributed by atoms with van der Waals surface area (Å²) in [6, 6.07) is 14.6. The van der Waals surface area contributed by atoms with Crippen molar-refractivity contribution in [2.24, 2.45) is 0 Å². The Bertz CT molecular complexity index is 545. The van der Waals surface area contributed by atoms with Gasteiger partial charge in [0.1, 0.15) is 0 Å². The smallest absolute Gasteiger partial charge is 0.00254 e. The lowest BCUT2D eigenvalue weighted by atomic mass is 9.93. The van der Waals surface area contributed by atoms with Gasteiger partial charge in [-0.15, -0.1) is 0 Å². The standard InChI is InChI=1S/C25H36/c1-5-9-20-13-21(10-6-2)16-24(15-20)19-25-17-22(11-7-3)14-23(18-25)12-8-4/h13-18H,5-12,19H2,1-4H3. The van der Waals surface area contributed by atoms with Crippen LogP contribution in [0.3, 0.4) is 0 Å². The van der Waals surface area contributed by atoms with Crippen LogP contribution in [0.15, 0.2) is 36.4 Å². The van der Waals surface area contributed by atoms with Gasteiger partial charge in [-0.1, -0.05) is 89.8 Å². The molecule has 0 saturated heterocycles. The van der Waals surface area contributed by atoms with E-state index in [1.165, 1.54) is 84.7 Å². The molecule has 0 bridgehead atoms. The monoisotopic (exact) mass is 336 g/mol. The van der Waals surface area contributed by atoms with Crippen LogP contribution < -0.4 is 0 Å². The molecule has 0 aromatic heterocycles. The average Bonchev–Trinajstić information content (AvgIpc) is 2.55. The molecule has 0 heterocycles. The first kappa shape index (κ1) is 19.8. The molecular formula is C25H36. The fourth-order valence-electron chi connectivity index (χ4n) is 3.85. The maximum absolute atomic E-state index is 2.44. The highest BCUT2D eigenvalue weighted by Gasteiger charge is 2.05. The minimum absolute atomic E-state index is 1.07. The molecule has 0 heteroatoms. The van der Waals surface area contributed by atoms with Gasteiger partial charge < -0.3 is 0 Å². The third-order valence-corrected chi connectivity index (χ3v) is 4.79. The van der Waals surface area contributed by atoms with Gasteiger partial charge in [-0.2, -0.15) is 0 Å². The summed E-state index contributed by atoms with van der Waals surface area (Å²) in [7, 11) is 0. The Morgan fingerprint density at radius 2 is 0.640 bits per heavy atom. The summed E-state index contributed by atoms with van der Waals surface area (Å²) in [5, 5.41) is 0. The Balaban J connectivity index is 2.30. The van der Waals surface area contributed by atoms with Crippen molar-refractivity contribution >= 4 is 0 Å². The van der Waals surface area contributed by atoms with Crippen LogP contribution in [0, 0.1) is 0 Å². The second-order valence-electron chi connectivity index (χ2n) is 7.49. The predicted octanol–water partition coefficient (Wildman–Crippen LogP) is 7.09. The Labute approximate surface area is 155 Å². The first-order valence-corrected chi connectivity index (χ1v) is 10.4. The van der Waals surface area contributed by atoms with Crippen LogP contribution in [0.4, 0.5) is 0 Å². The fraction of sp³-hybridized carbons (Fsp3) is 0.520. The van der Waals surface area contributed by atoms with Gasteiger partial charge in [-0.05, 0) is 65.5 Å². The van der Waals surface area contributed by atoms with Crippen molar-refractivity contribution in [1.82, 2.24) is 0 Å². The maximum atomic E-state index is 2.44. The van der Waals surface area contributed by atoms with Crippen LogP contribution >= 0.6 is 0 Å². The van der Waals surface area contributed by atoms with E-state index >= 15 is 0 Å². The van der Waals surface area contributed by atoms with Crippen molar-refractivity contribution in [3.8, 4) is 0 Å². The van der Waals surface area contributed by atoms with E-state index in [-0.39, 0.29) is 0 Å². The largest absolute Gasteiger partial charge is 0.0651 e. The normalized spacial score (nSPS) is 11.0. The van der Waals surface area contributed by atoms with Crippen LogP contribution in [-0.4, -0.2) is 0 Å². The van der Waals surface area contributed by atoms with E-state index in [1.807, 2.05) is 0 Å². The van der Waals surface area contributed by atoms with Crippen molar-refractivity contribution in [3.05, 3.63) is 69.8 Å². The summed E-state index contributed by atoms with van der Waals surface area (Å²) < 4.78 is 0. The van der Waals surface area contributed by atoms with Gasteiger partial charge in [-0.25, -0.2) is 0 Å². The summed E-state index contributed by atoms with van der Waals surface area (Å²) in [5.74, 6) is 0. The van der Waals surface area contributed by atoms with Crippen LogP contribution in [0.2, 0.25) is 0 Å². The number of hydrogen-bond acceptors (Lipinski definition) is 0. The third kappa shape index (κ3) is 6.34. The highest BCUT2D eigenvalue weighted by atomic mass is 14.1. The number of benzene rings is 2. The van der Waals surface area contributed by atoms with Crippen molar-refractivity contribution < 1.29 is 0 Å². The Morgan fingerprint density at radius 3 is 0.880 bits per heavy atom. The first-order valence-electron chi connectivity index (χ1n) is 10.4. The lowest BCUT2D eigenvalue weighted by molar-refractivity contribution is 0.884. The van der Waals surface area contributed by atoms with E-state index in [4.69, 9.17) is 0 Å². The van der Waals surface area contributed by atoms with Crippen LogP contribution in [0.25, 0.3) is 0 Å². The van der Waals surface area contributed by atoms with Crippen LogP contribution in [0.5, 0.6) is 0 Å². The molecule has 0 spiro atoms. The molecule has 0 fully saturated rings. The van der Waals surface area contributed by atoms with Crippen LogP contribution in [0.1, 0.15) is 86.8 Å². The molecule has 0 aliphatic heterocycles. The van der Waals surface area contributed by atoms with Crippen LogP contribution in [-0.2, 0) is 32.1 Å². The van der Waals surface area contributed by atoms with Gasteiger partial charge in [0, 0.05) is 0 Å². The van der Waals surface area contributed by atoms with Gasteiger partial charge in [0.25, 0.3) is 0 Å². The molecule has 0 aliphatic carbocycles. The molecule has 0 N–H and O–H groups in total. The van der Waals surface area contributed by atoms with E-state index in [1.54, 1.807) is 0 Å². The van der Waals surface area contributed by atoms with Crippen molar-refractivity contribution in [2.75, 3.05) is 0 Å². The Kier molecular flexibility index (Phi) is 8.25. The SMILES string of the molecule is CCCc1cc(CCC)cc(Cc2cc(CCC)cc(CCC)c2)c1. The molecule has 0 saturated carbocycles. The number of rotatable bonds is 10. The fourth-order valence-corrected chi connectivity index (χ4v) is 3.85. The molecule has 25 heavy (non-hydrogen) atoms. The Morgan fingerprint density at radius 1 is 0.400 bits per heavy atom. The van der Waals surface area contributed by atoms with Gasteiger partial charge >= 0.3 is 0 Å². The Hall–Kier alpha value is -1.56. The highest BCUT2D eigenvalue weighted by molar-refractivity contribution is 5.37. The van der Waals surface area contributed by atoms with E-state index in [2.05, 4.69) is 64.1 Å². The summed E-state index contributed by atoms with van der Waals surface area (Å²) in [4.78, 5) is 0. The lowest BCUT2D eigenvalue weighted by Gasteiger charge is -2.12. The second-order valence-corrected chi connectivity index (χ2v) is 7.49. The van der Waals surface area contributed by atoms with E-state index in [0.29, 0.717) is 0 Å². The molecule has 0 aliphatic rings. The minimum atomic E-state index is 1.07. The molecular weight excluding hydrogens is 300 g/mol. The summed E-state index contributed by atoms with van der Waals surface area (Å²) >= 11 is 0.